The second-order valence-corrected chi connectivity index (χ2v) is 8.80. The SMILES string of the molecule is CC(NC(=O)CS(=O)(=O)Cc1ccc(C#N)cc1)c1cc(F)c(Cl)cc1Cl. The quantitative estimate of drug-likeness (QED) is 0.708. The summed E-state index contributed by atoms with van der Waals surface area (Å²) in [6, 6.07) is 9.60. The third-order valence-electron chi connectivity index (χ3n) is 3.70. The van der Waals surface area contributed by atoms with E-state index in [1.807, 2.05) is 6.07 Å². The number of carbonyl (C=O) groups is 1. The molecule has 0 heterocycles. The van der Waals surface area contributed by atoms with Gasteiger partial charge in [0.05, 0.1) is 28.5 Å². The molecule has 2 aromatic rings. The normalized spacial score (nSPS) is 12.3. The smallest absolute Gasteiger partial charge is 0.235 e. The minimum atomic E-state index is -3.73. The number of benzene rings is 2. The van der Waals surface area contributed by atoms with E-state index >= 15 is 0 Å². The fourth-order valence-corrected chi connectivity index (χ4v) is 4.24. The van der Waals surface area contributed by atoms with Gasteiger partial charge in [0.15, 0.2) is 9.84 Å². The van der Waals surface area contributed by atoms with Crippen LogP contribution < -0.4 is 5.32 Å². The summed E-state index contributed by atoms with van der Waals surface area (Å²) in [5.74, 6) is -2.49. The van der Waals surface area contributed by atoms with E-state index in [2.05, 4.69) is 5.32 Å². The molecule has 2 rings (SSSR count). The highest BCUT2D eigenvalue weighted by Crippen LogP contribution is 2.28. The standard InChI is InChI=1S/C18H15Cl2FN2O3S/c1-11(14-6-17(21)16(20)7-15(14)19)23-18(24)10-27(25,26)9-13-4-2-12(8-22)3-5-13/h2-7,11H,9-10H2,1H3,(H,23,24). The maximum absolute atomic E-state index is 13.6. The van der Waals surface area contributed by atoms with Crippen molar-refractivity contribution in [2.45, 2.75) is 18.7 Å². The minimum absolute atomic E-state index is 0.146. The Bertz CT molecular complexity index is 1000. The van der Waals surface area contributed by atoms with Crippen molar-refractivity contribution in [2.75, 3.05) is 5.75 Å². The van der Waals surface area contributed by atoms with Crippen molar-refractivity contribution in [1.82, 2.24) is 5.32 Å². The van der Waals surface area contributed by atoms with Crippen LogP contribution in [0.15, 0.2) is 36.4 Å². The molecule has 142 valence electrons. The molecule has 1 unspecified atom stereocenters. The van der Waals surface area contributed by atoms with Gasteiger partial charge in [0.25, 0.3) is 0 Å². The molecule has 0 saturated heterocycles. The fourth-order valence-electron chi connectivity index (χ4n) is 2.41. The molecule has 0 saturated carbocycles. The summed E-state index contributed by atoms with van der Waals surface area (Å²) in [7, 11) is -3.73. The number of carbonyl (C=O) groups excluding carboxylic acids is 1. The van der Waals surface area contributed by atoms with E-state index in [-0.39, 0.29) is 21.4 Å². The molecule has 5 nitrogen and oxygen atoms in total. The van der Waals surface area contributed by atoms with E-state index in [1.165, 1.54) is 30.3 Å². The highest BCUT2D eigenvalue weighted by molar-refractivity contribution is 7.91. The van der Waals surface area contributed by atoms with Crippen molar-refractivity contribution in [3.05, 3.63) is 69.0 Å². The number of nitrogens with zero attached hydrogens (tertiary/aromatic N) is 1. The predicted molar refractivity (Wildman–Crippen MR) is 102 cm³/mol. The van der Waals surface area contributed by atoms with Gasteiger partial charge in [-0.1, -0.05) is 35.3 Å². The highest BCUT2D eigenvalue weighted by atomic mass is 35.5. The van der Waals surface area contributed by atoms with Gasteiger partial charge in [0, 0.05) is 5.02 Å². The predicted octanol–water partition coefficient (Wildman–Crippen LogP) is 3.80. The van der Waals surface area contributed by atoms with Crippen LogP contribution in [-0.2, 0) is 20.4 Å². The van der Waals surface area contributed by atoms with E-state index in [9.17, 15) is 17.6 Å². The monoisotopic (exact) mass is 428 g/mol. The van der Waals surface area contributed by atoms with Crippen molar-refractivity contribution in [1.29, 1.82) is 5.26 Å². The van der Waals surface area contributed by atoms with Gasteiger partial charge in [-0.25, -0.2) is 12.8 Å². The first-order chi connectivity index (χ1) is 12.6. The van der Waals surface area contributed by atoms with E-state index in [0.717, 1.165) is 6.07 Å². The number of nitrogens with one attached hydrogen (secondary N) is 1. The summed E-state index contributed by atoms with van der Waals surface area (Å²) in [6.07, 6.45) is 0. The van der Waals surface area contributed by atoms with Crippen molar-refractivity contribution < 1.29 is 17.6 Å². The van der Waals surface area contributed by atoms with Crippen LogP contribution in [0.25, 0.3) is 0 Å². The number of hydrogen-bond acceptors (Lipinski definition) is 4. The maximum atomic E-state index is 13.6. The molecule has 0 aromatic heterocycles. The molecule has 2 aromatic carbocycles. The summed E-state index contributed by atoms with van der Waals surface area (Å²) in [5, 5.41) is 11.3. The number of rotatable bonds is 6. The van der Waals surface area contributed by atoms with Gasteiger partial charge in [-0.3, -0.25) is 4.79 Å². The second kappa shape index (κ2) is 8.70. The third kappa shape index (κ3) is 5.93. The molecule has 0 aliphatic rings. The van der Waals surface area contributed by atoms with Crippen molar-refractivity contribution in [3.8, 4) is 6.07 Å². The maximum Gasteiger partial charge on any atom is 0.235 e. The summed E-state index contributed by atoms with van der Waals surface area (Å²) in [6.45, 7) is 1.56. The Morgan fingerprint density at radius 2 is 1.85 bits per heavy atom. The number of amides is 1. The van der Waals surface area contributed by atoms with Gasteiger partial charge < -0.3 is 5.32 Å². The first-order valence-corrected chi connectivity index (χ1v) is 10.3. The van der Waals surface area contributed by atoms with Gasteiger partial charge in [-0.05, 0) is 42.3 Å². The molecule has 0 fully saturated rings. The van der Waals surface area contributed by atoms with E-state index in [0.29, 0.717) is 11.1 Å². The Balaban J connectivity index is 2.03. The molecule has 1 amide bonds. The number of halogens is 3. The van der Waals surface area contributed by atoms with Gasteiger partial charge in [-0.2, -0.15) is 5.26 Å². The van der Waals surface area contributed by atoms with Crippen molar-refractivity contribution in [3.63, 3.8) is 0 Å². The van der Waals surface area contributed by atoms with E-state index in [1.54, 1.807) is 6.92 Å². The zero-order valence-electron chi connectivity index (χ0n) is 14.2. The summed E-state index contributed by atoms with van der Waals surface area (Å²) in [5.41, 5.74) is 1.17. The lowest BCUT2D eigenvalue weighted by Gasteiger charge is -2.16. The lowest BCUT2D eigenvalue weighted by atomic mass is 10.1. The topological polar surface area (TPSA) is 87.0 Å². The van der Waals surface area contributed by atoms with Crippen LogP contribution in [0, 0.1) is 17.1 Å². The first kappa shape index (κ1) is 21.2. The molecule has 1 atom stereocenters. The van der Waals surface area contributed by atoms with Crippen LogP contribution in [0.3, 0.4) is 0 Å². The van der Waals surface area contributed by atoms with Crippen molar-refractivity contribution in [2.24, 2.45) is 0 Å². The Labute approximate surface area is 166 Å². The minimum Gasteiger partial charge on any atom is -0.349 e. The van der Waals surface area contributed by atoms with Crippen LogP contribution in [0.1, 0.15) is 29.7 Å². The molecule has 0 aliphatic carbocycles. The summed E-state index contributed by atoms with van der Waals surface area (Å²) in [4.78, 5) is 12.1. The van der Waals surface area contributed by atoms with Gasteiger partial charge >= 0.3 is 0 Å². The van der Waals surface area contributed by atoms with Crippen LogP contribution in [0.5, 0.6) is 0 Å². The largest absolute Gasteiger partial charge is 0.349 e. The highest BCUT2D eigenvalue weighted by Gasteiger charge is 2.21. The van der Waals surface area contributed by atoms with E-state index in [4.69, 9.17) is 28.5 Å². The summed E-state index contributed by atoms with van der Waals surface area (Å²) < 4.78 is 38.0. The van der Waals surface area contributed by atoms with Crippen molar-refractivity contribution >= 4 is 38.9 Å². The van der Waals surface area contributed by atoms with Crippen LogP contribution >= 0.6 is 23.2 Å². The van der Waals surface area contributed by atoms with E-state index < -0.39 is 33.4 Å². The Morgan fingerprint density at radius 3 is 2.44 bits per heavy atom. The fraction of sp³-hybridized carbons (Fsp3) is 0.222. The van der Waals surface area contributed by atoms with Crippen LogP contribution in [-0.4, -0.2) is 20.1 Å². The van der Waals surface area contributed by atoms with Crippen LogP contribution in [0.4, 0.5) is 4.39 Å². The molecule has 0 radical (unpaired) electrons. The number of hydrogen-bond donors (Lipinski definition) is 1. The third-order valence-corrected chi connectivity index (χ3v) is 5.80. The Hall–Kier alpha value is -2.14. The average Bonchev–Trinajstić information content (AvgIpc) is 2.57. The lowest BCUT2D eigenvalue weighted by Crippen LogP contribution is -2.33. The molecular weight excluding hydrogens is 414 g/mol. The Kier molecular flexibility index (Phi) is 6.82. The second-order valence-electron chi connectivity index (χ2n) is 5.92. The number of nitriles is 1. The van der Waals surface area contributed by atoms with Crippen LogP contribution in [0.2, 0.25) is 10.0 Å². The van der Waals surface area contributed by atoms with Gasteiger partial charge in [0.2, 0.25) is 5.91 Å². The zero-order chi connectivity index (χ0) is 20.2. The molecular formula is C18H15Cl2FN2O3S. The zero-order valence-corrected chi connectivity index (χ0v) is 16.5. The lowest BCUT2D eigenvalue weighted by molar-refractivity contribution is -0.119. The molecule has 0 spiro atoms. The summed E-state index contributed by atoms with van der Waals surface area (Å²) >= 11 is 11.6. The molecule has 27 heavy (non-hydrogen) atoms. The molecule has 0 bridgehead atoms. The molecule has 0 aliphatic heterocycles. The van der Waals surface area contributed by atoms with Gasteiger partial charge in [-0.15, -0.1) is 0 Å². The van der Waals surface area contributed by atoms with Gasteiger partial charge in [0.1, 0.15) is 11.6 Å². The number of sulfone groups is 1. The average molecular weight is 429 g/mol. The molecule has 1 N–H and O–H groups in total. The molecule has 9 heteroatoms. The first-order valence-electron chi connectivity index (χ1n) is 7.74. The Morgan fingerprint density at radius 1 is 1.22 bits per heavy atom.